The van der Waals surface area contributed by atoms with Crippen molar-refractivity contribution in [1.29, 1.82) is 0 Å². The molecule has 0 radical (unpaired) electrons. The summed E-state index contributed by atoms with van der Waals surface area (Å²) in [5.41, 5.74) is -0.0666. The zero-order valence-corrected chi connectivity index (χ0v) is 10.5. The molecular formula is C14H10ClF3O. The highest BCUT2D eigenvalue weighted by molar-refractivity contribution is 6.30. The Hall–Kier alpha value is -1.52. The van der Waals surface area contributed by atoms with Crippen LogP contribution >= 0.6 is 11.6 Å². The van der Waals surface area contributed by atoms with Crippen LogP contribution in [0.2, 0.25) is 5.02 Å². The number of halogens is 4. The van der Waals surface area contributed by atoms with E-state index in [2.05, 4.69) is 0 Å². The highest BCUT2D eigenvalue weighted by Gasteiger charge is 2.16. The normalized spacial score (nSPS) is 12.5. The van der Waals surface area contributed by atoms with Gasteiger partial charge in [0.05, 0.1) is 6.10 Å². The maximum absolute atomic E-state index is 13.5. The third kappa shape index (κ3) is 3.28. The first kappa shape index (κ1) is 13.9. The zero-order valence-electron chi connectivity index (χ0n) is 9.71. The van der Waals surface area contributed by atoms with Gasteiger partial charge in [-0.1, -0.05) is 11.6 Å². The van der Waals surface area contributed by atoms with Crippen LogP contribution in [0.1, 0.15) is 17.2 Å². The van der Waals surface area contributed by atoms with Crippen molar-refractivity contribution in [2.75, 3.05) is 0 Å². The molecule has 0 aliphatic rings. The number of aliphatic hydroxyl groups is 1. The van der Waals surface area contributed by atoms with Crippen LogP contribution in [-0.2, 0) is 6.42 Å². The van der Waals surface area contributed by atoms with E-state index in [1.165, 1.54) is 12.1 Å². The van der Waals surface area contributed by atoms with Crippen LogP contribution in [-0.4, -0.2) is 5.11 Å². The van der Waals surface area contributed by atoms with Crippen molar-refractivity contribution in [3.8, 4) is 0 Å². The SMILES string of the molecule is OC(Cc1cc(F)ccc1F)c1cc(Cl)ccc1F. The van der Waals surface area contributed by atoms with Crippen LogP contribution in [0, 0.1) is 17.5 Å². The molecule has 2 aromatic rings. The molecule has 5 heteroatoms. The number of aliphatic hydroxyl groups excluding tert-OH is 1. The number of hydrogen-bond acceptors (Lipinski definition) is 1. The van der Waals surface area contributed by atoms with E-state index in [0.29, 0.717) is 0 Å². The molecule has 0 fully saturated rings. The average Bonchev–Trinajstić information content (AvgIpc) is 2.36. The van der Waals surface area contributed by atoms with Gasteiger partial charge in [0.2, 0.25) is 0 Å². The molecule has 1 atom stereocenters. The molecule has 0 amide bonds. The first-order valence-corrected chi connectivity index (χ1v) is 5.92. The first-order valence-electron chi connectivity index (χ1n) is 5.54. The van der Waals surface area contributed by atoms with Crippen molar-refractivity contribution in [3.05, 3.63) is 70.0 Å². The maximum Gasteiger partial charge on any atom is 0.129 e. The van der Waals surface area contributed by atoms with Gasteiger partial charge in [-0.3, -0.25) is 0 Å². The lowest BCUT2D eigenvalue weighted by Gasteiger charge is -2.13. The Morgan fingerprint density at radius 2 is 1.68 bits per heavy atom. The van der Waals surface area contributed by atoms with Gasteiger partial charge in [0.1, 0.15) is 17.5 Å². The lowest BCUT2D eigenvalue weighted by atomic mass is 10.0. The zero-order chi connectivity index (χ0) is 14.0. The summed E-state index contributed by atoms with van der Waals surface area (Å²) in [4.78, 5) is 0. The minimum Gasteiger partial charge on any atom is -0.388 e. The minimum atomic E-state index is -1.30. The Morgan fingerprint density at radius 3 is 2.42 bits per heavy atom. The van der Waals surface area contributed by atoms with Gasteiger partial charge in [-0.2, -0.15) is 0 Å². The molecular weight excluding hydrogens is 277 g/mol. The van der Waals surface area contributed by atoms with Crippen molar-refractivity contribution >= 4 is 11.6 Å². The molecule has 0 bridgehead atoms. The van der Waals surface area contributed by atoms with E-state index in [-0.39, 0.29) is 22.6 Å². The van der Waals surface area contributed by atoms with E-state index in [0.717, 1.165) is 24.3 Å². The summed E-state index contributed by atoms with van der Waals surface area (Å²) in [6.07, 6.45) is -1.53. The Labute approximate surface area is 113 Å². The summed E-state index contributed by atoms with van der Waals surface area (Å²) in [6.45, 7) is 0. The summed E-state index contributed by atoms with van der Waals surface area (Å²) in [5, 5.41) is 10.2. The smallest absolute Gasteiger partial charge is 0.129 e. The molecule has 100 valence electrons. The van der Waals surface area contributed by atoms with Crippen LogP contribution in [0.3, 0.4) is 0 Å². The summed E-state index contributed by atoms with van der Waals surface area (Å²) < 4.78 is 39.9. The largest absolute Gasteiger partial charge is 0.388 e. The molecule has 19 heavy (non-hydrogen) atoms. The number of hydrogen-bond donors (Lipinski definition) is 1. The van der Waals surface area contributed by atoms with Gasteiger partial charge < -0.3 is 5.11 Å². The van der Waals surface area contributed by atoms with Gasteiger partial charge >= 0.3 is 0 Å². The number of benzene rings is 2. The van der Waals surface area contributed by atoms with Gasteiger partial charge in [-0.05, 0) is 42.0 Å². The second-order valence-electron chi connectivity index (χ2n) is 4.12. The van der Waals surface area contributed by atoms with Crippen LogP contribution in [0.25, 0.3) is 0 Å². The Bertz CT molecular complexity index is 601. The molecule has 0 heterocycles. The lowest BCUT2D eigenvalue weighted by molar-refractivity contribution is 0.172. The monoisotopic (exact) mass is 286 g/mol. The van der Waals surface area contributed by atoms with Crippen LogP contribution in [0.5, 0.6) is 0 Å². The van der Waals surface area contributed by atoms with E-state index in [9.17, 15) is 18.3 Å². The summed E-state index contributed by atoms with van der Waals surface area (Å²) in [5.74, 6) is -1.91. The lowest BCUT2D eigenvalue weighted by Crippen LogP contribution is -2.06. The second kappa shape index (κ2) is 5.63. The molecule has 0 saturated carbocycles. The Morgan fingerprint density at radius 1 is 1.00 bits per heavy atom. The van der Waals surface area contributed by atoms with E-state index in [1.807, 2.05) is 0 Å². The van der Waals surface area contributed by atoms with Crippen molar-refractivity contribution in [2.45, 2.75) is 12.5 Å². The molecule has 0 aliphatic carbocycles. The van der Waals surface area contributed by atoms with E-state index in [1.54, 1.807) is 0 Å². The fourth-order valence-corrected chi connectivity index (χ4v) is 1.97. The van der Waals surface area contributed by atoms with Crippen LogP contribution in [0.4, 0.5) is 13.2 Å². The molecule has 0 saturated heterocycles. The van der Waals surface area contributed by atoms with Crippen LogP contribution < -0.4 is 0 Å². The molecule has 0 aromatic heterocycles. The quantitative estimate of drug-likeness (QED) is 0.903. The molecule has 2 aromatic carbocycles. The van der Waals surface area contributed by atoms with E-state index >= 15 is 0 Å². The third-order valence-electron chi connectivity index (χ3n) is 2.74. The molecule has 1 unspecified atom stereocenters. The highest BCUT2D eigenvalue weighted by Crippen LogP contribution is 2.25. The maximum atomic E-state index is 13.5. The van der Waals surface area contributed by atoms with Gasteiger partial charge in [-0.25, -0.2) is 13.2 Å². The summed E-state index contributed by atoms with van der Waals surface area (Å²) >= 11 is 5.71. The first-order chi connectivity index (χ1) is 8.97. The highest BCUT2D eigenvalue weighted by atomic mass is 35.5. The minimum absolute atomic E-state index is 0.0214. The number of rotatable bonds is 3. The van der Waals surface area contributed by atoms with Gasteiger partial charge in [0, 0.05) is 17.0 Å². The topological polar surface area (TPSA) is 20.2 Å². The molecule has 1 nitrogen and oxygen atoms in total. The predicted octanol–water partition coefficient (Wildman–Crippen LogP) is 4.03. The Kier molecular flexibility index (Phi) is 4.12. The molecule has 2 rings (SSSR count). The molecule has 0 spiro atoms. The fraction of sp³-hybridized carbons (Fsp3) is 0.143. The van der Waals surface area contributed by atoms with Gasteiger partial charge in [0.15, 0.2) is 0 Å². The van der Waals surface area contributed by atoms with Gasteiger partial charge in [0.25, 0.3) is 0 Å². The van der Waals surface area contributed by atoms with E-state index in [4.69, 9.17) is 11.6 Å². The van der Waals surface area contributed by atoms with Crippen molar-refractivity contribution in [1.82, 2.24) is 0 Å². The summed E-state index contributed by atoms with van der Waals surface area (Å²) in [7, 11) is 0. The standard InChI is InChI=1S/C14H10ClF3O/c15-9-1-3-13(18)11(7-9)14(19)6-8-5-10(16)2-4-12(8)17/h1-5,7,14,19H,6H2. The van der Waals surface area contributed by atoms with Crippen LogP contribution in [0.15, 0.2) is 36.4 Å². The third-order valence-corrected chi connectivity index (χ3v) is 2.97. The molecule has 0 aliphatic heterocycles. The summed E-state index contributed by atoms with van der Waals surface area (Å²) in [6, 6.07) is 6.63. The average molecular weight is 287 g/mol. The fourth-order valence-electron chi connectivity index (χ4n) is 1.79. The van der Waals surface area contributed by atoms with Crippen molar-refractivity contribution in [3.63, 3.8) is 0 Å². The van der Waals surface area contributed by atoms with Gasteiger partial charge in [-0.15, -0.1) is 0 Å². The molecule has 1 N–H and O–H groups in total. The van der Waals surface area contributed by atoms with Crippen molar-refractivity contribution in [2.24, 2.45) is 0 Å². The van der Waals surface area contributed by atoms with E-state index < -0.39 is 23.6 Å². The Balaban J connectivity index is 2.27. The predicted molar refractivity (Wildman–Crippen MR) is 66.4 cm³/mol. The van der Waals surface area contributed by atoms with Crippen molar-refractivity contribution < 1.29 is 18.3 Å². The second-order valence-corrected chi connectivity index (χ2v) is 4.56.